The molecule has 1 aliphatic heterocycles. The summed E-state index contributed by atoms with van der Waals surface area (Å²) in [7, 11) is 0. The molecule has 2 aromatic heterocycles. The molecule has 8 nitrogen and oxygen atoms in total. The minimum atomic E-state index is -0.918. The molecular formula is C17H11ClN4O4S. The SMILES string of the molecule is O=C1C(=O)N(Cc2cccs2)C(=O)N1Cc1nc(-c2cccc(Cl)c2)no1. The summed E-state index contributed by atoms with van der Waals surface area (Å²) in [4.78, 5) is 43.5. The molecule has 0 bridgehead atoms. The summed E-state index contributed by atoms with van der Waals surface area (Å²) >= 11 is 7.34. The van der Waals surface area contributed by atoms with Crippen LogP contribution in [0.2, 0.25) is 5.02 Å². The summed E-state index contributed by atoms with van der Waals surface area (Å²) in [5.41, 5.74) is 0.631. The predicted molar refractivity (Wildman–Crippen MR) is 95.6 cm³/mol. The molecule has 3 aromatic rings. The third-order valence-electron chi connectivity index (χ3n) is 3.87. The second-order valence-corrected chi connectivity index (χ2v) is 7.14. The summed E-state index contributed by atoms with van der Waals surface area (Å²) < 4.78 is 5.12. The van der Waals surface area contributed by atoms with Gasteiger partial charge in [-0.3, -0.25) is 14.5 Å². The fourth-order valence-electron chi connectivity index (χ4n) is 2.59. The lowest BCUT2D eigenvalue weighted by Crippen LogP contribution is -2.32. The molecule has 27 heavy (non-hydrogen) atoms. The molecule has 1 aromatic carbocycles. The molecule has 3 heterocycles. The zero-order valence-electron chi connectivity index (χ0n) is 13.7. The number of halogens is 1. The third kappa shape index (κ3) is 3.34. The first-order chi connectivity index (χ1) is 13.0. The highest BCUT2D eigenvalue weighted by Crippen LogP contribution is 2.23. The van der Waals surface area contributed by atoms with E-state index >= 15 is 0 Å². The molecule has 0 radical (unpaired) electrons. The van der Waals surface area contributed by atoms with Crippen LogP contribution in [-0.4, -0.2) is 37.8 Å². The van der Waals surface area contributed by atoms with Crippen LogP contribution in [0.15, 0.2) is 46.3 Å². The Labute approximate surface area is 161 Å². The van der Waals surface area contributed by atoms with Gasteiger partial charge in [-0.05, 0) is 23.6 Å². The lowest BCUT2D eigenvalue weighted by molar-refractivity contribution is -0.143. The van der Waals surface area contributed by atoms with E-state index in [4.69, 9.17) is 16.1 Å². The molecule has 0 atom stereocenters. The van der Waals surface area contributed by atoms with Crippen LogP contribution in [0.1, 0.15) is 10.8 Å². The average molecular weight is 403 g/mol. The molecule has 0 spiro atoms. The zero-order valence-corrected chi connectivity index (χ0v) is 15.2. The monoisotopic (exact) mass is 402 g/mol. The van der Waals surface area contributed by atoms with Crippen molar-refractivity contribution in [3.8, 4) is 11.4 Å². The van der Waals surface area contributed by atoms with Gasteiger partial charge >= 0.3 is 17.8 Å². The molecule has 0 N–H and O–H groups in total. The number of benzene rings is 1. The molecule has 1 fully saturated rings. The predicted octanol–water partition coefficient (Wildman–Crippen LogP) is 2.94. The van der Waals surface area contributed by atoms with Crippen LogP contribution in [0.5, 0.6) is 0 Å². The Hall–Kier alpha value is -3.04. The van der Waals surface area contributed by atoms with Crippen molar-refractivity contribution in [1.82, 2.24) is 19.9 Å². The number of hydrogen-bond donors (Lipinski definition) is 0. The van der Waals surface area contributed by atoms with E-state index in [2.05, 4.69) is 10.1 Å². The highest BCUT2D eigenvalue weighted by molar-refractivity contribution is 7.09. The third-order valence-corrected chi connectivity index (χ3v) is 4.97. The lowest BCUT2D eigenvalue weighted by atomic mass is 10.2. The van der Waals surface area contributed by atoms with Gasteiger partial charge < -0.3 is 4.52 Å². The number of hydrogen-bond acceptors (Lipinski definition) is 7. The molecular weight excluding hydrogens is 392 g/mol. The Bertz CT molecular complexity index is 1030. The van der Waals surface area contributed by atoms with E-state index in [0.29, 0.717) is 10.6 Å². The van der Waals surface area contributed by atoms with Gasteiger partial charge in [0.1, 0.15) is 6.54 Å². The van der Waals surface area contributed by atoms with Crippen LogP contribution in [0.25, 0.3) is 11.4 Å². The first-order valence-electron chi connectivity index (χ1n) is 7.81. The highest BCUT2D eigenvalue weighted by atomic mass is 35.5. The largest absolute Gasteiger partial charge is 0.337 e. The normalized spacial score (nSPS) is 14.5. The van der Waals surface area contributed by atoms with Gasteiger partial charge in [-0.2, -0.15) is 4.98 Å². The van der Waals surface area contributed by atoms with Gasteiger partial charge in [0.15, 0.2) is 0 Å². The van der Waals surface area contributed by atoms with E-state index < -0.39 is 17.8 Å². The van der Waals surface area contributed by atoms with E-state index in [0.717, 1.165) is 14.7 Å². The molecule has 0 unspecified atom stereocenters. The summed E-state index contributed by atoms with van der Waals surface area (Å²) in [5.74, 6) is -1.48. The summed E-state index contributed by atoms with van der Waals surface area (Å²) in [6, 6.07) is 9.74. The molecule has 10 heteroatoms. The zero-order chi connectivity index (χ0) is 19.0. The number of imide groups is 2. The highest BCUT2D eigenvalue weighted by Gasteiger charge is 2.45. The Balaban J connectivity index is 1.52. The number of urea groups is 1. The van der Waals surface area contributed by atoms with E-state index in [9.17, 15) is 14.4 Å². The van der Waals surface area contributed by atoms with Crippen molar-refractivity contribution < 1.29 is 18.9 Å². The van der Waals surface area contributed by atoms with Gasteiger partial charge in [0.25, 0.3) is 0 Å². The summed E-state index contributed by atoms with van der Waals surface area (Å²) in [6.07, 6.45) is 0. The molecule has 1 aliphatic rings. The summed E-state index contributed by atoms with van der Waals surface area (Å²) in [6.45, 7) is -0.229. The van der Waals surface area contributed by atoms with Gasteiger partial charge in [0.2, 0.25) is 11.7 Å². The van der Waals surface area contributed by atoms with Crippen molar-refractivity contribution in [3.05, 3.63) is 57.6 Å². The lowest BCUT2D eigenvalue weighted by Gasteiger charge is -2.13. The standard InChI is InChI=1S/C17H11ClN4O4S/c18-11-4-1-3-10(7-11)14-19-13(26-20-14)9-22-16(24)15(23)21(17(22)25)8-12-5-2-6-27-12/h1-7H,8-9H2. The maximum absolute atomic E-state index is 12.5. The first kappa shape index (κ1) is 17.4. The Morgan fingerprint density at radius 2 is 1.81 bits per heavy atom. The number of rotatable bonds is 5. The van der Waals surface area contributed by atoms with Crippen LogP contribution >= 0.6 is 22.9 Å². The molecule has 4 rings (SSSR count). The minimum absolute atomic E-state index is 0.0393. The molecule has 1 saturated heterocycles. The number of nitrogens with zero attached hydrogens (tertiary/aromatic N) is 4. The van der Waals surface area contributed by atoms with Gasteiger partial charge in [-0.1, -0.05) is 35.0 Å². The van der Waals surface area contributed by atoms with Crippen molar-refractivity contribution in [2.24, 2.45) is 0 Å². The van der Waals surface area contributed by atoms with Gasteiger partial charge in [0, 0.05) is 15.5 Å². The fraction of sp³-hybridized carbons (Fsp3) is 0.118. The van der Waals surface area contributed by atoms with E-state index in [-0.39, 0.29) is 24.8 Å². The number of carbonyl (C=O) groups excluding carboxylic acids is 3. The van der Waals surface area contributed by atoms with Crippen molar-refractivity contribution in [3.63, 3.8) is 0 Å². The van der Waals surface area contributed by atoms with Crippen molar-refractivity contribution in [1.29, 1.82) is 0 Å². The van der Waals surface area contributed by atoms with Crippen LogP contribution in [-0.2, 0) is 22.7 Å². The number of carbonyl (C=O) groups is 3. The molecule has 4 amide bonds. The first-order valence-corrected chi connectivity index (χ1v) is 9.07. The van der Waals surface area contributed by atoms with Crippen molar-refractivity contribution in [2.75, 3.05) is 0 Å². The number of thiophene rings is 1. The van der Waals surface area contributed by atoms with Crippen LogP contribution in [0.3, 0.4) is 0 Å². The van der Waals surface area contributed by atoms with E-state index in [1.807, 2.05) is 5.38 Å². The van der Waals surface area contributed by atoms with Crippen molar-refractivity contribution in [2.45, 2.75) is 13.1 Å². The second kappa shape index (κ2) is 6.93. The smallest absolute Gasteiger partial charge is 0.335 e. The second-order valence-electron chi connectivity index (χ2n) is 5.67. The molecule has 0 saturated carbocycles. The fourth-order valence-corrected chi connectivity index (χ4v) is 3.47. The maximum atomic E-state index is 12.5. The minimum Gasteiger partial charge on any atom is -0.337 e. The Morgan fingerprint density at radius 3 is 2.52 bits per heavy atom. The Morgan fingerprint density at radius 1 is 1.04 bits per heavy atom. The van der Waals surface area contributed by atoms with Gasteiger partial charge in [-0.25, -0.2) is 9.69 Å². The van der Waals surface area contributed by atoms with E-state index in [1.165, 1.54) is 11.3 Å². The van der Waals surface area contributed by atoms with Crippen molar-refractivity contribution >= 4 is 40.8 Å². The molecule has 0 aliphatic carbocycles. The van der Waals surface area contributed by atoms with Crippen LogP contribution in [0.4, 0.5) is 4.79 Å². The average Bonchev–Trinajstić information content (AvgIpc) is 3.37. The number of amides is 4. The maximum Gasteiger partial charge on any atom is 0.335 e. The Kier molecular flexibility index (Phi) is 4.46. The van der Waals surface area contributed by atoms with Gasteiger partial charge in [-0.15, -0.1) is 11.3 Å². The van der Waals surface area contributed by atoms with Gasteiger partial charge in [0.05, 0.1) is 6.54 Å². The van der Waals surface area contributed by atoms with E-state index in [1.54, 1.807) is 36.4 Å². The molecule has 136 valence electrons. The number of aromatic nitrogens is 2. The summed E-state index contributed by atoms with van der Waals surface area (Å²) in [5, 5.41) is 6.17. The van der Waals surface area contributed by atoms with Crippen LogP contribution in [0, 0.1) is 0 Å². The topological polar surface area (TPSA) is 96.6 Å². The quantitative estimate of drug-likeness (QED) is 0.481. The van der Waals surface area contributed by atoms with Crippen LogP contribution < -0.4 is 0 Å².